The van der Waals surface area contributed by atoms with Gasteiger partial charge in [0.15, 0.2) is 5.82 Å². The first-order valence-electron chi connectivity index (χ1n) is 9.30. The molecule has 8 nitrogen and oxygen atoms in total. The van der Waals surface area contributed by atoms with Gasteiger partial charge in [-0.3, -0.25) is 14.3 Å². The van der Waals surface area contributed by atoms with Crippen molar-refractivity contribution in [2.45, 2.75) is 25.4 Å². The maximum Gasteiger partial charge on any atom is 0.346 e. The number of nitrogens with zero attached hydrogens (tertiary/aromatic N) is 4. The molecule has 1 amide bonds. The third kappa shape index (κ3) is 4.09. The number of carbonyl (C=O) groups is 1. The summed E-state index contributed by atoms with van der Waals surface area (Å²) in [6, 6.07) is 9.09. The number of pyridine rings is 1. The highest BCUT2D eigenvalue weighted by Crippen LogP contribution is 2.36. The Balaban J connectivity index is 1.49. The second-order valence-electron chi connectivity index (χ2n) is 6.77. The van der Waals surface area contributed by atoms with E-state index in [-0.39, 0.29) is 30.7 Å². The minimum absolute atomic E-state index is 0.164. The number of methoxy groups -OCH3 is 1. The molecule has 150 valence electrons. The maximum atomic E-state index is 12.8. The first-order valence-corrected chi connectivity index (χ1v) is 10.1. The second kappa shape index (κ2) is 8.20. The molecule has 2 aromatic heterocycles. The van der Waals surface area contributed by atoms with Crippen molar-refractivity contribution in [3.05, 3.63) is 63.2 Å². The molecule has 2 heterocycles. The van der Waals surface area contributed by atoms with Crippen molar-refractivity contribution in [1.82, 2.24) is 24.6 Å². The van der Waals surface area contributed by atoms with Gasteiger partial charge >= 0.3 is 5.69 Å². The van der Waals surface area contributed by atoms with Gasteiger partial charge in [-0.15, -0.1) is 5.10 Å². The normalized spacial score (nSPS) is 13.3. The molecule has 1 aliphatic rings. The molecule has 1 fully saturated rings. The third-order valence-corrected chi connectivity index (χ3v) is 5.42. The zero-order chi connectivity index (χ0) is 20.4. The van der Waals surface area contributed by atoms with Gasteiger partial charge in [0.2, 0.25) is 0 Å². The summed E-state index contributed by atoms with van der Waals surface area (Å²) in [5.74, 6) is 0.962. The molecule has 1 N–H and O–H groups in total. The van der Waals surface area contributed by atoms with Gasteiger partial charge in [-0.25, -0.2) is 9.48 Å². The van der Waals surface area contributed by atoms with Crippen LogP contribution in [0.2, 0.25) is 0 Å². The Morgan fingerprint density at radius 2 is 2.17 bits per heavy atom. The molecule has 0 saturated heterocycles. The summed E-state index contributed by atoms with van der Waals surface area (Å²) in [6.07, 6.45) is 5.33. The average Bonchev–Trinajstić information content (AvgIpc) is 3.53. The van der Waals surface area contributed by atoms with Crippen molar-refractivity contribution in [3.8, 4) is 17.1 Å². The number of aromatic nitrogens is 4. The predicted octanol–water partition coefficient (Wildman–Crippen LogP) is 2.64. The molecular weight excluding hydrogens is 438 g/mol. The summed E-state index contributed by atoms with van der Waals surface area (Å²) in [5, 5.41) is 7.34. The lowest BCUT2D eigenvalue weighted by molar-refractivity contribution is 0.0950. The third-order valence-electron chi connectivity index (χ3n) is 4.73. The van der Waals surface area contributed by atoms with Gasteiger partial charge in [0, 0.05) is 35.0 Å². The minimum Gasteiger partial charge on any atom is -0.497 e. The fourth-order valence-electron chi connectivity index (χ4n) is 3.10. The van der Waals surface area contributed by atoms with Crippen molar-refractivity contribution in [1.29, 1.82) is 0 Å². The van der Waals surface area contributed by atoms with Gasteiger partial charge in [0.05, 0.1) is 19.2 Å². The number of hydrogen-bond acceptors (Lipinski definition) is 5. The van der Waals surface area contributed by atoms with E-state index in [9.17, 15) is 9.59 Å². The van der Waals surface area contributed by atoms with Crippen molar-refractivity contribution in [3.63, 3.8) is 0 Å². The van der Waals surface area contributed by atoms with Crippen LogP contribution in [-0.2, 0) is 6.54 Å². The Morgan fingerprint density at radius 1 is 1.34 bits per heavy atom. The van der Waals surface area contributed by atoms with E-state index >= 15 is 0 Å². The van der Waals surface area contributed by atoms with Crippen LogP contribution < -0.4 is 15.7 Å². The summed E-state index contributed by atoms with van der Waals surface area (Å²) in [6.45, 7) is 0.551. The highest BCUT2D eigenvalue weighted by atomic mass is 79.9. The molecule has 1 saturated carbocycles. The Hall–Kier alpha value is -2.94. The molecule has 29 heavy (non-hydrogen) atoms. The highest BCUT2D eigenvalue weighted by Gasteiger charge is 2.30. The van der Waals surface area contributed by atoms with Crippen molar-refractivity contribution in [2.75, 3.05) is 13.7 Å². The van der Waals surface area contributed by atoms with Crippen LogP contribution >= 0.6 is 15.9 Å². The van der Waals surface area contributed by atoms with E-state index in [2.05, 4.69) is 31.3 Å². The van der Waals surface area contributed by atoms with Gasteiger partial charge in [-0.1, -0.05) is 0 Å². The molecule has 1 aliphatic carbocycles. The van der Waals surface area contributed by atoms with Gasteiger partial charge in [-0.2, -0.15) is 0 Å². The fraction of sp³-hybridized carbons (Fsp3) is 0.300. The van der Waals surface area contributed by atoms with Crippen LogP contribution in [0.3, 0.4) is 0 Å². The van der Waals surface area contributed by atoms with E-state index in [4.69, 9.17) is 4.74 Å². The summed E-state index contributed by atoms with van der Waals surface area (Å²) >= 11 is 3.38. The number of benzene rings is 1. The van der Waals surface area contributed by atoms with E-state index in [1.54, 1.807) is 42.3 Å². The minimum atomic E-state index is -0.252. The van der Waals surface area contributed by atoms with E-state index in [1.165, 1.54) is 4.68 Å². The average molecular weight is 458 g/mol. The molecule has 0 unspecified atom stereocenters. The molecule has 1 aromatic carbocycles. The van der Waals surface area contributed by atoms with Gasteiger partial charge < -0.3 is 10.1 Å². The quantitative estimate of drug-likeness (QED) is 0.588. The second-order valence-corrected chi connectivity index (χ2v) is 7.63. The predicted molar refractivity (Wildman–Crippen MR) is 111 cm³/mol. The number of nitrogens with one attached hydrogen (secondary N) is 1. The van der Waals surface area contributed by atoms with Crippen LogP contribution in [0.5, 0.6) is 5.75 Å². The van der Waals surface area contributed by atoms with Crippen molar-refractivity contribution < 1.29 is 9.53 Å². The van der Waals surface area contributed by atoms with Gasteiger partial charge in [0.1, 0.15) is 5.75 Å². The molecule has 3 aromatic rings. The van der Waals surface area contributed by atoms with Crippen molar-refractivity contribution >= 4 is 21.8 Å². The lowest BCUT2D eigenvalue weighted by Gasteiger charge is -2.08. The maximum absolute atomic E-state index is 12.8. The molecule has 9 heteroatoms. The molecule has 0 spiro atoms. The lowest BCUT2D eigenvalue weighted by Crippen LogP contribution is -2.32. The van der Waals surface area contributed by atoms with Gasteiger partial charge in [0.25, 0.3) is 5.91 Å². The molecule has 0 aliphatic heterocycles. The Kier molecular flexibility index (Phi) is 5.48. The first kappa shape index (κ1) is 19.4. The zero-order valence-electron chi connectivity index (χ0n) is 15.8. The zero-order valence-corrected chi connectivity index (χ0v) is 17.4. The molecular formula is C20H20BrN5O3. The summed E-state index contributed by atoms with van der Waals surface area (Å²) < 4.78 is 8.98. The topological polar surface area (TPSA) is 91.0 Å². The van der Waals surface area contributed by atoms with Crippen LogP contribution in [0.25, 0.3) is 11.4 Å². The molecule has 4 rings (SSSR count). The number of halogens is 1. The summed E-state index contributed by atoms with van der Waals surface area (Å²) in [5.41, 5.74) is 1.11. The monoisotopic (exact) mass is 457 g/mol. The smallest absolute Gasteiger partial charge is 0.346 e. The SMILES string of the molecule is COc1ccc(Br)c(C(=O)NCCn2nc(-c3cccnc3)n(C3CC3)c2=O)c1. The van der Waals surface area contributed by atoms with Crippen LogP contribution in [0.4, 0.5) is 0 Å². The number of ether oxygens (including phenoxy) is 1. The van der Waals surface area contributed by atoms with E-state index in [0.29, 0.717) is 21.6 Å². The highest BCUT2D eigenvalue weighted by molar-refractivity contribution is 9.10. The van der Waals surface area contributed by atoms with Crippen LogP contribution in [0.15, 0.2) is 52.0 Å². The largest absolute Gasteiger partial charge is 0.497 e. The van der Waals surface area contributed by atoms with E-state index < -0.39 is 0 Å². The van der Waals surface area contributed by atoms with E-state index in [0.717, 1.165) is 18.4 Å². The van der Waals surface area contributed by atoms with Gasteiger partial charge in [-0.05, 0) is 59.1 Å². The van der Waals surface area contributed by atoms with Crippen LogP contribution in [0, 0.1) is 0 Å². The fourth-order valence-corrected chi connectivity index (χ4v) is 3.52. The van der Waals surface area contributed by atoms with Crippen LogP contribution in [0.1, 0.15) is 29.2 Å². The Bertz CT molecular complexity index is 1090. The number of carbonyl (C=O) groups excluding carboxylic acids is 1. The number of hydrogen-bond donors (Lipinski definition) is 1. The first-order chi connectivity index (χ1) is 14.1. The molecule has 0 bridgehead atoms. The Labute approximate surface area is 175 Å². The lowest BCUT2D eigenvalue weighted by atomic mass is 10.2. The van der Waals surface area contributed by atoms with Crippen LogP contribution in [-0.4, -0.2) is 38.9 Å². The standard InChI is InChI=1S/C20H20BrN5O3/c1-29-15-6-7-17(21)16(11-15)19(27)23-9-10-25-20(28)26(14-4-5-14)18(24-25)13-3-2-8-22-12-13/h2-3,6-8,11-12,14H,4-5,9-10H2,1H3,(H,23,27). The molecule has 0 atom stereocenters. The number of amides is 1. The summed E-state index contributed by atoms with van der Waals surface area (Å²) in [7, 11) is 1.55. The van der Waals surface area contributed by atoms with E-state index in [1.807, 2.05) is 12.1 Å². The summed E-state index contributed by atoms with van der Waals surface area (Å²) in [4.78, 5) is 29.5. The number of rotatable bonds is 7. The van der Waals surface area contributed by atoms with Crippen molar-refractivity contribution in [2.24, 2.45) is 0 Å². The Morgan fingerprint density at radius 3 is 2.86 bits per heavy atom. The molecule has 0 radical (unpaired) electrons.